The van der Waals surface area contributed by atoms with Gasteiger partial charge in [0.05, 0.1) is 4.83 Å². The van der Waals surface area contributed by atoms with Gasteiger partial charge in [-0.1, -0.05) is 28.1 Å². The van der Waals surface area contributed by atoms with Crippen molar-refractivity contribution in [2.75, 3.05) is 19.0 Å². The molecular formula is C11H14BrNO. The van der Waals surface area contributed by atoms with Gasteiger partial charge in [-0.2, -0.15) is 0 Å². The van der Waals surface area contributed by atoms with Crippen LogP contribution in [0.2, 0.25) is 0 Å². The van der Waals surface area contributed by atoms with Crippen LogP contribution >= 0.6 is 15.9 Å². The number of hydrogen-bond acceptors (Lipinski definition) is 2. The Labute approximate surface area is 93.0 Å². The number of alkyl halides is 1. The topological polar surface area (TPSA) is 20.3 Å². The van der Waals surface area contributed by atoms with E-state index < -0.39 is 0 Å². The smallest absolute Gasteiger partial charge is 0.147 e. The van der Waals surface area contributed by atoms with Crippen molar-refractivity contribution < 1.29 is 4.79 Å². The lowest BCUT2D eigenvalue weighted by Crippen LogP contribution is -2.08. The predicted octanol–water partition coefficient (Wildman–Crippen LogP) is 2.78. The summed E-state index contributed by atoms with van der Waals surface area (Å²) in [6, 6.07) is 7.95. The molecule has 0 amide bonds. The van der Waals surface area contributed by atoms with Crippen molar-refractivity contribution in [2.24, 2.45) is 0 Å². The highest BCUT2D eigenvalue weighted by molar-refractivity contribution is 9.09. The van der Waals surface area contributed by atoms with Crippen LogP contribution in [-0.2, 0) is 4.79 Å². The molecule has 0 N–H and O–H groups in total. The van der Waals surface area contributed by atoms with Crippen LogP contribution in [0.1, 0.15) is 17.3 Å². The summed E-state index contributed by atoms with van der Waals surface area (Å²) in [5.41, 5.74) is 2.14. The van der Waals surface area contributed by atoms with Crippen LogP contribution in [0.25, 0.3) is 0 Å². The van der Waals surface area contributed by atoms with Crippen molar-refractivity contribution in [2.45, 2.75) is 11.8 Å². The van der Waals surface area contributed by atoms with Crippen molar-refractivity contribution in [3.8, 4) is 0 Å². The number of benzene rings is 1. The van der Waals surface area contributed by atoms with E-state index in [9.17, 15) is 4.79 Å². The maximum Gasteiger partial charge on any atom is 0.147 e. The number of carbonyl (C=O) groups excluding carboxylic acids is 1. The second-order valence-electron chi connectivity index (χ2n) is 3.46. The van der Waals surface area contributed by atoms with E-state index in [4.69, 9.17) is 0 Å². The summed E-state index contributed by atoms with van der Waals surface area (Å²) in [5, 5.41) is 0. The van der Waals surface area contributed by atoms with E-state index in [1.54, 1.807) is 6.92 Å². The zero-order valence-electron chi connectivity index (χ0n) is 8.62. The predicted molar refractivity (Wildman–Crippen MR) is 63.1 cm³/mol. The average Bonchev–Trinajstić information content (AvgIpc) is 2.16. The molecule has 0 heterocycles. The monoisotopic (exact) mass is 255 g/mol. The Kier molecular flexibility index (Phi) is 3.69. The van der Waals surface area contributed by atoms with Gasteiger partial charge in [0, 0.05) is 19.8 Å². The molecule has 0 radical (unpaired) electrons. The summed E-state index contributed by atoms with van der Waals surface area (Å²) in [7, 11) is 3.98. The van der Waals surface area contributed by atoms with E-state index in [2.05, 4.69) is 15.9 Å². The van der Waals surface area contributed by atoms with Crippen molar-refractivity contribution in [3.63, 3.8) is 0 Å². The Balaban J connectivity index is 2.88. The van der Waals surface area contributed by atoms with Crippen molar-refractivity contribution in [1.29, 1.82) is 0 Å². The number of rotatable bonds is 3. The van der Waals surface area contributed by atoms with Gasteiger partial charge in [-0.25, -0.2) is 0 Å². The van der Waals surface area contributed by atoms with Crippen LogP contribution in [0.5, 0.6) is 0 Å². The molecule has 3 heteroatoms. The minimum atomic E-state index is -0.182. The number of anilines is 1. The molecule has 0 aliphatic rings. The molecule has 0 saturated heterocycles. The zero-order valence-corrected chi connectivity index (χ0v) is 10.2. The number of ketones is 1. The first-order valence-corrected chi connectivity index (χ1v) is 5.35. The summed E-state index contributed by atoms with van der Waals surface area (Å²) in [6.07, 6.45) is 0. The van der Waals surface area contributed by atoms with Crippen LogP contribution in [-0.4, -0.2) is 19.9 Å². The second-order valence-corrected chi connectivity index (χ2v) is 4.37. The average molecular weight is 256 g/mol. The Hall–Kier alpha value is -0.830. The third-order valence-electron chi connectivity index (χ3n) is 2.06. The van der Waals surface area contributed by atoms with E-state index in [0.29, 0.717) is 0 Å². The van der Waals surface area contributed by atoms with Gasteiger partial charge in [-0.05, 0) is 24.6 Å². The summed E-state index contributed by atoms with van der Waals surface area (Å²) in [4.78, 5) is 13.0. The van der Waals surface area contributed by atoms with Gasteiger partial charge in [0.1, 0.15) is 5.78 Å². The van der Waals surface area contributed by atoms with Crippen LogP contribution in [0.15, 0.2) is 24.3 Å². The van der Waals surface area contributed by atoms with E-state index in [1.807, 2.05) is 43.3 Å². The maximum absolute atomic E-state index is 11.1. The molecule has 0 saturated carbocycles. The summed E-state index contributed by atoms with van der Waals surface area (Å²) in [6.45, 7) is 1.58. The number of hydrogen-bond donors (Lipinski definition) is 0. The minimum absolute atomic E-state index is 0.127. The molecule has 0 bridgehead atoms. The van der Waals surface area contributed by atoms with Gasteiger partial charge in [0.15, 0.2) is 0 Å². The minimum Gasteiger partial charge on any atom is -0.378 e. The van der Waals surface area contributed by atoms with Crippen molar-refractivity contribution in [3.05, 3.63) is 29.8 Å². The molecular weight excluding hydrogens is 242 g/mol. The number of nitrogens with zero attached hydrogens (tertiary/aromatic N) is 1. The first kappa shape index (κ1) is 11.2. The van der Waals surface area contributed by atoms with Crippen molar-refractivity contribution >= 4 is 27.4 Å². The number of Topliss-reactive ketones (excluding diaryl/α,β-unsaturated/α-hetero) is 1. The molecule has 1 aromatic carbocycles. The molecule has 0 aliphatic heterocycles. The van der Waals surface area contributed by atoms with Gasteiger partial charge in [-0.3, -0.25) is 4.79 Å². The van der Waals surface area contributed by atoms with E-state index in [-0.39, 0.29) is 10.6 Å². The van der Waals surface area contributed by atoms with Crippen LogP contribution in [0, 0.1) is 0 Å². The van der Waals surface area contributed by atoms with Gasteiger partial charge < -0.3 is 4.90 Å². The van der Waals surface area contributed by atoms with E-state index in [1.165, 1.54) is 0 Å². The molecule has 14 heavy (non-hydrogen) atoms. The van der Waals surface area contributed by atoms with E-state index in [0.717, 1.165) is 11.3 Å². The fourth-order valence-corrected chi connectivity index (χ4v) is 1.48. The molecule has 0 spiro atoms. The molecule has 2 nitrogen and oxygen atoms in total. The Morgan fingerprint density at radius 1 is 1.29 bits per heavy atom. The van der Waals surface area contributed by atoms with Crippen molar-refractivity contribution in [1.82, 2.24) is 0 Å². The largest absolute Gasteiger partial charge is 0.378 e. The first-order valence-electron chi connectivity index (χ1n) is 4.44. The lowest BCUT2D eigenvalue weighted by Gasteiger charge is -2.13. The SMILES string of the molecule is CC(=O)C(Br)c1ccc(N(C)C)cc1. The Morgan fingerprint density at radius 2 is 1.79 bits per heavy atom. The molecule has 1 aromatic rings. The normalized spacial score (nSPS) is 12.3. The molecule has 1 atom stereocenters. The number of halogens is 1. The van der Waals surface area contributed by atoms with Crippen LogP contribution < -0.4 is 4.90 Å². The molecule has 1 rings (SSSR count). The highest BCUT2D eigenvalue weighted by atomic mass is 79.9. The molecule has 1 unspecified atom stereocenters. The zero-order chi connectivity index (χ0) is 10.7. The highest BCUT2D eigenvalue weighted by Crippen LogP contribution is 2.25. The summed E-state index contributed by atoms with van der Waals surface area (Å²) < 4.78 is 0. The second kappa shape index (κ2) is 4.60. The number of carbonyl (C=O) groups is 1. The van der Waals surface area contributed by atoms with Gasteiger partial charge >= 0.3 is 0 Å². The first-order chi connectivity index (χ1) is 6.52. The lowest BCUT2D eigenvalue weighted by atomic mass is 10.1. The quantitative estimate of drug-likeness (QED) is 0.775. The van der Waals surface area contributed by atoms with Gasteiger partial charge in [0.2, 0.25) is 0 Å². The fourth-order valence-electron chi connectivity index (χ4n) is 1.18. The molecule has 76 valence electrons. The third kappa shape index (κ3) is 2.58. The molecule has 0 aliphatic carbocycles. The third-order valence-corrected chi connectivity index (χ3v) is 3.23. The van der Waals surface area contributed by atoms with Crippen LogP contribution in [0.4, 0.5) is 5.69 Å². The standard InChI is InChI=1S/C11H14BrNO/c1-8(14)11(12)9-4-6-10(7-5-9)13(2)3/h4-7,11H,1-3H3. The lowest BCUT2D eigenvalue weighted by molar-refractivity contribution is -0.116. The summed E-state index contributed by atoms with van der Waals surface area (Å²) >= 11 is 3.35. The Bertz CT molecular complexity index is 319. The Morgan fingerprint density at radius 3 is 2.14 bits per heavy atom. The van der Waals surface area contributed by atoms with Gasteiger partial charge in [0.25, 0.3) is 0 Å². The molecule has 0 aromatic heterocycles. The van der Waals surface area contributed by atoms with Gasteiger partial charge in [-0.15, -0.1) is 0 Å². The van der Waals surface area contributed by atoms with Crippen LogP contribution in [0.3, 0.4) is 0 Å². The highest BCUT2D eigenvalue weighted by Gasteiger charge is 2.11. The maximum atomic E-state index is 11.1. The fraction of sp³-hybridized carbons (Fsp3) is 0.364. The van der Waals surface area contributed by atoms with E-state index >= 15 is 0 Å². The summed E-state index contributed by atoms with van der Waals surface area (Å²) in [5.74, 6) is 0.127. The molecule has 0 fully saturated rings.